The van der Waals surface area contributed by atoms with Crippen LogP contribution in [-0.2, 0) is 0 Å². The van der Waals surface area contributed by atoms with Gasteiger partial charge in [0.15, 0.2) is 0 Å². The molecular weight excluding hydrogens is 394 g/mol. The van der Waals surface area contributed by atoms with Crippen LogP contribution in [-0.4, -0.2) is 40.6 Å². The van der Waals surface area contributed by atoms with Crippen molar-refractivity contribution in [3.05, 3.63) is 74.6 Å². The summed E-state index contributed by atoms with van der Waals surface area (Å²) >= 11 is 0. The van der Waals surface area contributed by atoms with Crippen molar-refractivity contribution < 1.29 is 4.92 Å². The molecule has 3 aromatic rings. The van der Waals surface area contributed by atoms with Crippen LogP contribution in [0.5, 0.6) is 0 Å². The van der Waals surface area contributed by atoms with Gasteiger partial charge in [-0.25, -0.2) is 0 Å². The molecule has 0 saturated carbocycles. The first-order chi connectivity index (χ1) is 15.1. The second-order valence-corrected chi connectivity index (χ2v) is 7.69. The molecule has 0 atom stereocenters. The van der Waals surface area contributed by atoms with Crippen LogP contribution >= 0.6 is 0 Å². The van der Waals surface area contributed by atoms with Crippen LogP contribution in [0, 0.1) is 21.4 Å². The van der Waals surface area contributed by atoms with Crippen molar-refractivity contribution >= 4 is 22.3 Å². The molecule has 1 aliphatic rings. The van der Waals surface area contributed by atoms with E-state index in [4.69, 9.17) is 0 Å². The van der Waals surface area contributed by atoms with Crippen LogP contribution in [0.4, 0.5) is 11.4 Å². The highest BCUT2D eigenvalue weighted by molar-refractivity contribution is 5.85. The molecule has 158 valence electrons. The Balaban J connectivity index is 1.65. The molecule has 4 rings (SSSR count). The van der Waals surface area contributed by atoms with Crippen molar-refractivity contribution in [3.63, 3.8) is 0 Å². The Morgan fingerprint density at radius 3 is 2.52 bits per heavy atom. The van der Waals surface area contributed by atoms with Crippen LogP contribution < -0.4 is 10.9 Å². The van der Waals surface area contributed by atoms with E-state index in [-0.39, 0.29) is 11.3 Å². The van der Waals surface area contributed by atoms with Gasteiger partial charge in [-0.15, -0.1) is 0 Å². The van der Waals surface area contributed by atoms with Gasteiger partial charge >= 0.3 is 0 Å². The SMILES string of the molecule is N#Cc1cc2ccc(NCCCN3CCCC3)cc2n(-c2ccc([N+](=O)[O-])cc2)c1=O. The van der Waals surface area contributed by atoms with E-state index in [1.807, 2.05) is 24.3 Å². The lowest BCUT2D eigenvalue weighted by molar-refractivity contribution is -0.384. The minimum atomic E-state index is -0.486. The monoisotopic (exact) mass is 417 g/mol. The predicted molar refractivity (Wildman–Crippen MR) is 120 cm³/mol. The summed E-state index contributed by atoms with van der Waals surface area (Å²) < 4.78 is 1.44. The van der Waals surface area contributed by atoms with Gasteiger partial charge in [0.1, 0.15) is 11.6 Å². The van der Waals surface area contributed by atoms with Crippen LogP contribution in [0.15, 0.2) is 53.3 Å². The summed E-state index contributed by atoms with van der Waals surface area (Å²) in [5.74, 6) is 0. The maximum Gasteiger partial charge on any atom is 0.273 e. The van der Waals surface area contributed by atoms with E-state index in [0.717, 1.165) is 30.6 Å². The molecule has 1 aromatic heterocycles. The maximum absolute atomic E-state index is 12.9. The fourth-order valence-corrected chi connectivity index (χ4v) is 4.02. The first-order valence-electron chi connectivity index (χ1n) is 10.4. The number of nitro benzene ring substituents is 1. The smallest absolute Gasteiger partial charge is 0.273 e. The van der Waals surface area contributed by atoms with Gasteiger partial charge in [-0.1, -0.05) is 6.07 Å². The number of pyridine rings is 1. The van der Waals surface area contributed by atoms with Crippen molar-refractivity contribution in [2.45, 2.75) is 19.3 Å². The van der Waals surface area contributed by atoms with E-state index in [2.05, 4.69) is 10.2 Å². The summed E-state index contributed by atoms with van der Waals surface area (Å²) in [4.78, 5) is 25.9. The molecule has 1 N–H and O–H groups in total. The van der Waals surface area contributed by atoms with Crippen molar-refractivity contribution in [2.75, 3.05) is 31.5 Å². The minimum absolute atomic E-state index is 0.0252. The normalized spacial score (nSPS) is 13.9. The van der Waals surface area contributed by atoms with Crippen molar-refractivity contribution in [3.8, 4) is 11.8 Å². The third kappa shape index (κ3) is 4.42. The number of benzene rings is 2. The number of hydrogen-bond acceptors (Lipinski definition) is 6. The largest absolute Gasteiger partial charge is 0.385 e. The molecular formula is C23H23N5O3. The van der Waals surface area contributed by atoms with Crippen LogP contribution in [0.25, 0.3) is 16.6 Å². The third-order valence-corrected chi connectivity index (χ3v) is 5.62. The second kappa shape index (κ2) is 8.98. The summed E-state index contributed by atoms with van der Waals surface area (Å²) in [6.45, 7) is 4.25. The number of non-ortho nitro benzene ring substituents is 1. The molecule has 31 heavy (non-hydrogen) atoms. The van der Waals surface area contributed by atoms with Crippen LogP contribution in [0.2, 0.25) is 0 Å². The fourth-order valence-electron chi connectivity index (χ4n) is 4.02. The number of likely N-dealkylation sites (tertiary alicyclic amines) is 1. The Kier molecular flexibility index (Phi) is 5.96. The highest BCUT2D eigenvalue weighted by atomic mass is 16.6. The third-order valence-electron chi connectivity index (χ3n) is 5.62. The van der Waals surface area contributed by atoms with Crippen LogP contribution in [0.1, 0.15) is 24.8 Å². The quantitative estimate of drug-likeness (QED) is 0.357. The maximum atomic E-state index is 12.9. The summed E-state index contributed by atoms with van der Waals surface area (Å²) in [6.07, 6.45) is 3.59. The molecule has 8 nitrogen and oxygen atoms in total. The number of anilines is 1. The van der Waals surface area contributed by atoms with Crippen molar-refractivity contribution in [1.29, 1.82) is 5.26 Å². The Hall–Kier alpha value is -3.70. The molecule has 0 spiro atoms. The van der Waals surface area contributed by atoms with Gasteiger partial charge in [0.05, 0.1) is 10.4 Å². The van der Waals surface area contributed by atoms with Gasteiger partial charge in [-0.2, -0.15) is 5.26 Å². The molecule has 0 bridgehead atoms. The predicted octanol–water partition coefficient (Wildman–Crippen LogP) is 3.67. The lowest BCUT2D eigenvalue weighted by Gasteiger charge is -2.16. The van der Waals surface area contributed by atoms with E-state index in [1.54, 1.807) is 6.07 Å². The number of nitro groups is 1. The molecule has 1 fully saturated rings. The average molecular weight is 417 g/mol. The molecule has 0 radical (unpaired) electrons. The van der Waals surface area contributed by atoms with E-state index >= 15 is 0 Å². The lowest BCUT2D eigenvalue weighted by atomic mass is 10.1. The topological polar surface area (TPSA) is 104 Å². The lowest BCUT2D eigenvalue weighted by Crippen LogP contribution is -2.22. The van der Waals surface area contributed by atoms with Gasteiger partial charge in [-0.3, -0.25) is 19.5 Å². The zero-order chi connectivity index (χ0) is 21.8. The highest BCUT2D eigenvalue weighted by Gasteiger charge is 2.14. The van der Waals surface area contributed by atoms with Crippen LogP contribution in [0.3, 0.4) is 0 Å². The molecule has 2 aromatic carbocycles. The molecule has 0 amide bonds. The fraction of sp³-hybridized carbons (Fsp3) is 0.304. The summed E-state index contributed by atoms with van der Waals surface area (Å²) in [5, 5.41) is 24.5. The first kappa shape index (κ1) is 20.6. The standard InChI is InChI=1S/C23H23N5O3/c24-16-18-14-17-4-5-19(25-10-3-13-26-11-1-2-12-26)15-22(17)27(23(18)29)20-6-8-21(9-7-20)28(30)31/h4-9,14-15,25H,1-3,10-13H2. The molecule has 1 aliphatic heterocycles. The average Bonchev–Trinajstić information content (AvgIpc) is 3.30. The summed E-state index contributed by atoms with van der Waals surface area (Å²) in [7, 11) is 0. The molecule has 0 unspecified atom stereocenters. The van der Waals surface area contributed by atoms with E-state index in [0.29, 0.717) is 11.2 Å². The zero-order valence-electron chi connectivity index (χ0n) is 17.1. The number of fused-ring (bicyclic) bond motifs is 1. The van der Waals surface area contributed by atoms with Crippen molar-refractivity contribution in [1.82, 2.24) is 9.47 Å². The van der Waals surface area contributed by atoms with Gasteiger partial charge in [-0.05, 0) is 69.2 Å². The molecule has 0 aliphatic carbocycles. The summed E-state index contributed by atoms with van der Waals surface area (Å²) in [5.41, 5.74) is 1.52. The van der Waals surface area contributed by atoms with Gasteiger partial charge in [0, 0.05) is 35.4 Å². The van der Waals surface area contributed by atoms with Gasteiger partial charge in [0.25, 0.3) is 11.2 Å². The van der Waals surface area contributed by atoms with E-state index in [9.17, 15) is 20.2 Å². The molecule has 1 saturated heterocycles. The molecule has 8 heteroatoms. The number of rotatable bonds is 7. The number of nitriles is 1. The number of nitrogens with one attached hydrogen (secondary N) is 1. The van der Waals surface area contributed by atoms with E-state index in [1.165, 1.54) is 54.8 Å². The highest BCUT2D eigenvalue weighted by Crippen LogP contribution is 2.23. The first-order valence-corrected chi connectivity index (χ1v) is 10.4. The van der Waals surface area contributed by atoms with E-state index < -0.39 is 10.5 Å². The Labute approximate surface area is 179 Å². The minimum Gasteiger partial charge on any atom is -0.385 e. The Morgan fingerprint density at radius 1 is 1.10 bits per heavy atom. The number of nitrogens with zero attached hydrogens (tertiary/aromatic N) is 4. The zero-order valence-corrected chi connectivity index (χ0v) is 17.1. The summed E-state index contributed by atoms with van der Waals surface area (Å²) in [6, 6.07) is 15.0. The second-order valence-electron chi connectivity index (χ2n) is 7.69. The van der Waals surface area contributed by atoms with Gasteiger partial charge in [0.2, 0.25) is 0 Å². The number of hydrogen-bond donors (Lipinski definition) is 1. The Morgan fingerprint density at radius 2 is 1.84 bits per heavy atom. The number of aromatic nitrogens is 1. The van der Waals surface area contributed by atoms with Gasteiger partial charge < -0.3 is 10.2 Å². The van der Waals surface area contributed by atoms with Crippen molar-refractivity contribution in [2.24, 2.45) is 0 Å². The molecule has 2 heterocycles. The Bertz CT molecular complexity index is 1200.